The lowest BCUT2D eigenvalue weighted by Crippen LogP contribution is -2.10. The van der Waals surface area contributed by atoms with E-state index in [1.54, 1.807) is 12.1 Å². The van der Waals surface area contributed by atoms with Crippen LogP contribution in [-0.2, 0) is 12.8 Å². The average Bonchev–Trinajstić information content (AvgIpc) is 2.42. The van der Waals surface area contributed by atoms with Crippen LogP contribution in [0.25, 0.3) is 0 Å². The van der Waals surface area contributed by atoms with Crippen molar-refractivity contribution < 1.29 is 4.39 Å². The SMILES string of the molecule is Fc1ccc(Br)c(CC(CCl)Cc2cccc(Br)c2)c1. The molecule has 2 rings (SSSR count). The minimum absolute atomic E-state index is 0.209. The molecule has 0 bridgehead atoms. The molecule has 4 heteroatoms. The molecule has 0 amide bonds. The quantitative estimate of drug-likeness (QED) is 0.521. The Bertz CT molecular complexity index is 586. The molecule has 0 nitrogen and oxygen atoms in total. The Kier molecular flexibility index (Phi) is 6.06. The lowest BCUT2D eigenvalue weighted by molar-refractivity contribution is 0.575. The fourth-order valence-electron chi connectivity index (χ4n) is 2.19. The Labute approximate surface area is 140 Å². The van der Waals surface area contributed by atoms with E-state index in [4.69, 9.17) is 11.6 Å². The summed E-state index contributed by atoms with van der Waals surface area (Å²) in [4.78, 5) is 0. The van der Waals surface area contributed by atoms with Crippen molar-refractivity contribution in [1.82, 2.24) is 0 Å². The predicted molar refractivity (Wildman–Crippen MR) is 89.9 cm³/mol. The molecule has 0 saturated heterocycles. The third-order valence-corrected chi connectivity index (χ3v) is 4.85. The molecule has 0 heterocycles. The van der Waals surface area contributed by atoms with Crippen LogP contribution in [0.5, 0.6) is 0 Å². The average molecular weight is 421 g/mol. The molecule has 106 valence electrons. The standard InChI is InChI=1S/C16H14Br2ClF/c17-14-3-1-2-11(8-14)6-12(10-19)7-13-9-15(20)4-5-16(13)18/h1-5,8-9,12H,6-7,10H2. The van der Waals surface area contributed by atoms with Gasteiger partial charge in [0.25, 0.3) is 0 Å². The Morgan fingerprint density at radius 3 is 2.55 bits per heavy atom. The van der Waals surface area contributed by atoms with Crippen molar-refractivity contribution in [2.24, 2.45) is 5.92 Å². The fraction of sp³-hybridized carbons (Fsp3) is 0.250. The molecule has 0 spiro atoms. The largest absolute Gasteiger partial charge is 0.207 e. The van der Waals surface area contributed by atoms with Crippen LogP contribution in [0.1, 0.15) is 11.1 Å². The Balaban J connectivity index is 2.11. The van der Waals surface area contributed by atoms with Crippen molar-refractivity contribution >= 4 is 43.5 Å². The summed E-state index contributed by atoms with van der Waals surface area (Å²) in [5.41, 5.74) is 2.20. The molecule has 1 atom stereocenters. The third-order valence-electron chi connectivity index (χ3n) is 3.15. The maximum absolute atomic E-state index is 13.3. The predicted octanol–water partition coefficient (Wildman–Crippen LogP) is 5.99. The van der Waals surface area contributed by atoms with E-state index in [0.717, 1.165) is 27.4 Å². The van der Waals surface area contributed by atoms with E-state index >= 15 is 0 Å². The molecular weight excluding hydrogens is 406 g/mol. The van der Waals surface area contributed by atoms with Crippen LogP contribution in [0.15, 0.2) is 51.4 Å². The van der Waals surface area contributed by atoms with E-state index in [1.165, 1.54) is 11.6 Å². The van der Waals surface area contributed by atoms with E-state index in [1.807, 2.05) is 12.1 Å². The van der Waals surface area contributed by atoms with Crippen LogP contribution in [0.4, 0.5) is 4.39 Å². The maximum atomic E-state index is 13.3. The number of benzene rings is 2. The van der Waals surface area contributed by atoms with Gasteiger partial charge in [0.05, 0.1) is 0 Å². The van der Waals surface area contributed by atoms with Crippen molar-refractivity contribution in [1.29, 1.82) is 0 Å². The highest BCUT2D eigenvalue weighted by Gasteiger charge is 2.12. The monoisotopic (exact) mass is 418 g/mol. The zero-order valence-electron chi connectivity index (χ0n) is 10.8. The molecule has 0 N–H and O–H groups in total. The summed E-state index contributed by atoms with van der Waals surface area (Å²) in [7, 11) is 0. The van der Waals surface area contributed by atoms with Gasteiger partial charge in [0.15, 0.2) is 0 Å². The molecule has 0 aliphatic rings. The first-order chi connectivity index (χ1) is 9.58. The summed E-state index contributed by atoms with van der Waals surface area (Å²) < 4.78 is 15.3. The van der Waals surface area contributed by atoms with E-state index in [0.29, 0.717) is 5.88 Å². The molecule has 0 aliphatic heterocycles. The van der Waals surface area contributed by atoms with Gasteiger partial charge in [-0.25, -0.2) is 4.39 Å². The minimum atomic E-state index is -0.209. The topological polar surface area (TPSA) is 0 Å². The Morgan fingerprint density at radius 2 is 1.85 bits per heavy atom. The first-order valence-corrected chi connectivity index (χ1v) is 8.45. The molecular formula is C16H14Br2ClF. The number of hydrogen-bond donors (Lipinski definition) is 0. The summed E-state index contributed by atoms with van der Waals surface area (Å²) in [6, 6.07) is 13.0. The zero-order chi connectivity index (χ0) is 14.5. The second kappa shape index (κ2) is 7.58. The minimum Gasteiger partial charge on any atom is -0.207 e. The van der Waals surface area contributed by atoms with Gasteiger partial charge in [-0.1, -0.05) is 44.0 Å². The third kappa shape index (κ3) is 4.57. The molecule has 0 aliphatic carbocycles. The second-order valence-corrected chi connectivity index (χ2v) is 6.87. The summed E-state index contributed by atoms with van der Waals surface area (Å²) in [5, 5.41) is 0. The molecule has 2 aromatic carbocycles. The van der Waals surface area contributed by atoms with E-state index < -0.39 is 0 Å². The van der Waals surface area contributed by atoms with Crippen molar-refractivity contribution in [3.05, 3.63) is 68.4 Å². The highest BCUT2D eigenvalue weighted by Crippen LogP contribution is 2.24. The number of alkyl halides is 1. The van der Waals surface area contributed by atoms with Crippen LogP contribution in [0, 0.1) is 11.7 Å². The van der Waals surface area contributed by atoms with Gasteiger partial charge < -0.3 is 0 Å². The summed E-state index contributed by atoms with van der Waals surface area (Å²) in [5.74, 6) is 0.623. The van der Waals surface area contributed by atoms with Gasteiger partial charge in [-0.2, -0.15) is 0 Å². The van der Waals surface area contributed by atoms with Crippen molar-refractivity contribution in [2.45, 2.75) is 12.8 Å². The number of halogens is 4. The maximum Gasteiger partial charge on any atom is 0.123 e. The van der Waals surface area contributed by atoms with Crippen LogP contribution in [0.3, 0.4) is 0 Å². The molecule has 0 fully saturated rings. The summed E-state index contributed by atoms with van der Waals surface area (Å²) in [6.07, 6.45) is 1.64. The molecule has 1 unspecified atom stereocenters. The van der Waals surface area contributed by atoms with Gasteiger partial charge in [-0.3, -0.25) is 0 Å². The van der Waals surface area contributed by atoms with E-state index in [2.05, 4.69) is 44.0 Å². The van der Waals surface area contributed by atoms with Gasteiger partial charge >= 0.3 is 0 Å². The summed E-state index contributed by atoms with van der Waals surface area (Å²) >= 11 is 13.0. The normalized spacial score (nSPS) is 12.4. The van der Waals surface area contributed by atoms with Crippen LogP contribution in [-0.4, -0.2) is 5.88 Å². The first kappa shape index (κ1) is 16.0. The lowest BCUT2D eigenvalue weighted by Gasteiger charge is -2.15. The smallest absolute Gasteiger partial charge is 0.123 e. The van der Waals surface area contributed by atoms with E-state index in [-0.39, 0.29) is 11.7 Å². The Hall–Kier alpha value is -0.380. The zero-order valence-corrected chi connectivity index (χ0v) is 14.7. The van der Waals surface area contributed by atoms with Gasteiger partial charge in [-0.05, 0) is 60.2 Å². The van der Waals surface area contributed by atoms with Gasteiger partial charge in [0.2, 0.25) is 0 Å². The highest BCUT2D eigenvalue weighted by atomic mass is 79.9. The Morgan fingerprint density at radius 1 is 1.05 bits per heavy atom. The van der Waals surface area contributed by atoms with Crippen molar-refractivity contribution in [2.75, 3.05) is 5.88 Å². The van der Waals surface area contributed by atoms with Crippen LogP contribution < -0.4 is 0 Å². The van der Waals surface area contributed by atoms with Crippen molar-refractivity contribution in [3.63, 3.8) is 0 Å². The molecule has 20 heavy (non-hydrogen) atoms. The number of rotatable bonds is 5. The second-order valence-electron chi connectivity index (χ2n) is 4.79. The van der Waals surface area contributed by atoms with Gasteiger partial charge in [0, 0.05) is 14.8 Å². The van der Waals surface area contributed by atoms with Crippen LogP contribution in [0.2, 0.25) is 0 Å². The molecule has 0 radical (unpaired) electrons. The first-order valence-electron chi connectivity index (χ1n) is 6.33. The molecule has 0 saturated carbocycles. The van der Waals surface area contributed by atoms with Gasteiger partial charge in [-0.15, -0.1) is 11.6 Å². The highest BCUT2D eigenvalue weighted by molar-refractivity contribution is 9.10. The lowest BCUT2D eigenvalue weighted by atomic mass is 9.94. The van der Waals surface area contributed by atoms with E-state index in [9.17, 15) is 4.39 Å². The van der Waals surface area contributed by atoms with Gasteiger partial charge in [0.1, 0.15) is 5.82 Å². The number of hydrogen-bond acceptors (Lipinski definition) is 0. The fourth-order valence-corrected chi connectivity index (χ4v) is 3.26. The summed E-state index contributed by atoms with van der Waals surface area (Å²) in [6.45, 7) is 0. The molecule has 2 aromatic rings. The van der Waals surface area contributed by atoms with Crippen LogP contribution >= 0.6 is 43.5 Å². The van der Waals surface area contributed by atoms with Crippen molar-refractivity contribution in [3.8, 4) is 0 Å². The molecule has 0 aromatic heterocycles.